The molecular formula is C8H8N4. The van der Waals surface area contributed by atoms with Gasteiger partial charge in [-0.05, 0) is 12.1 Å². The lowest BCUT2D eigenvalue weighted by Crippen LogP contribution is -1.97. The van der Waals surface area contributed by atoms with Gasteiger partial charge in [0.25, 0.3) is 0 Å². The van der Waals surface area contributed by atoms with Gasteiger partial charge in [-0.15, -0.1) is 5.10 Å². The second-order valence-corrected chi connectivity index (χ2v) is 2.37. The molecule has 0 fully saturated rings. The Bertz CT molecular complexity index is 366. The predicted molar refractivity (Wildman–Crippen MR) is 45.8 cm³/mol. The van der Waals surface area contributed by atoms with E-state index in [0.29, 0.717) is 5.82 Å². The molecular weight excluding hydrogens is 152 g/mol. The molecule has 0 amide bonds. The lowest BCUT2D eigenvalue weighted by Gasteiger charge is -1.96. The Morgan fingerprint density at radius 2 is 2.17 bits per heavy atom. The first-order valence-corrected chi connectivity index (χ1v) is 3.59. The van der Waals surface area contributed by atoms with Gasteiger partial charge in [0.15, 0.2) is 5.82 Å². The number of nitrogens with zero attached hydrogens (tertiary/aromatic N) is 3. The lowest BCUT2D eigenvalue weighted by molar-refractivity contribution is 0.852. The number of rotatable bonds is 1. The Morgan fingerprint density at radius 1 is 1.25 bits per heavy atom. The topological polar surface area (TPSA) is 56.7 Å². The van der Waals surface area contributed by atoms with E-state index in [0.717, 1.165) is 5.82 Å². The fourth-order valence-corrected chi connectivity index (χ4v) is 0.955. The van der Waals surface area contributed by atoms with Crippen LogP contribution in [0.5, 0.6) is 0 Å². The molecule has 12 heavy (non-hydrogen) atoms. The van der Waals surface area contributed by atoms with Crippen molar-refractivity contribution in [2.75, 3.05) is 5.73 Å². The number of anilines is 1. The van der Waals surface area contributed by atoms with E-state index >= 15 is 0 Å². The number of nitrogen functional groups attached to an aromatic ring is 1. The Hall–Kier alpha value is -1.84. The highest BCUT2D eigenvalue weighted by atomic mass is 15.3. The van der Waals surface area contributed by atoms with Crippen LogP contribution >= 0.6 is 0 Å². The molecule has 0 unspecified atom stereocenters. The molecule has 4 nitrogen and oxygen atoms in total. The van der Waals surface area contributed by atoms with Crippen molar-refractivity contribution in [2.24, 2.45) is 0 Å². The van der Waals surface area contributed by atoms with Gasteiger partial charge >= 0.3 is 0 Å². The number of pyridine rings is 1. The molecule has 0 radical (unpaired) electrons. The van der Waals surface area contributed by atoms with E-state index in [4.69, 9.17) is 5.73 Å². The van der Waals surface area contributed by atoms with Crippen molar-refractivity contribution in [3.63, 3.8) is 0 Å². The quantitative estimate of drug-likeness (QED) is 0.672. The van der Waals surface area contributed by atoms with Gasteiger partial charge in [-0.2, -0.15) is 0 Å². The van der Waals surface area contributed by atoms with Crippen LogP contribution in [0.25, 0.3) is 5.82 Å². The molecule has 0 aromatic carbocycles. The van der Waals surface area contributed by atoms with Crippen LogP contribution in [-0.2, 0) is 0 Å². The number of aromatic nitrogens is 3. The zero-order chi connectivity index (χ0) is 8.39. The third-order valence-electron chi connectivity index (χ3n) is 1.49. The van der Waals surface area contributed by atoms with Crippen LogP contribution in [0.1, 0.15) is 0 Å². The van der Waals surface area contributed by atoms with E-state index in [1.165, 1.54) is 0 Å². The smallest absolute Gasteiger partial charge is 0.153 e. The van der Waals surface area contributed by atoms with Gasteiger partial charge in [0.05, 0.1) is 0 Å². The van der Waals surface area contributed by atoms with E-state index in [-0.39, 0.29) is 0 Å². The molecule has 0 aliphatic carbocycles. The van der Waals surface area contributed by atoms with Gasteiger partial charge in [-0.3, -0.25) is 0 Å². The summed E-state index contributed by atoms with van der Waals surface area (Å²) < 4.78 is 1.63. The first kappa shape index (κ1) is 6.84. The molecule has 2 N–H and O–H groups in total. The van der Waals surface area contributed by atoms with Crippen LogP contribution < -0.4 is 5.73 Å². The fraction of sp³-hybridized carbons (Fsp3) is 0. The minimum Gasteiger partial charge on any atom is -0.382 e. The summed E-state index contributed by atoms with van der Waals surface area (Å²) in [4.78, 5) is 4.11. The largest absolute Gasteiger partial charge is 0.382 e. The van der Waals surface area contributed by atoms with Crippen molar-refractivity contribution in [2.45, 2.75) is 0 Å². The molecule has 0 spiro atoms. The SMILES string of the molecule is Nc1ccn(-c2ccccn2)n1. The molecule has 2 aromatic heterocycles. The van der Waals surface area contributed by atoms with E-state index in [9.17, 15) is 0 Å². The Labute approximate surface area is 69.7 Å². The van der Waals surface area contributed by atoms with E-state index in [1.807, 2.05) is 18.2 Å². The summed E-state index contributed by atoms with van der Waals surface area (Å²) in [6, 6.07) is 7.36. The van der Waals surface area contributed by atoms with Crippen molar-refractivity contribution in [3.8, 4) is 5.82 Å². The third-order valence-corrected chi connectivity index (χ3v) is 1.49. The summed E-state index contributed by atoms with van der Waals surface area (Å²) in [6.45, 7) is 0. The maximum atomic E-state index is 5.46. The first-order chi connectivity index (χ1) is 5.86. The molecule has 0 saturated carbocycles. The van der Waals surface area contributed by atoms with Crippen molar-refractivity contribution in [1.29, 1.82) is 0 Å². The summed E-state index contributed by atoms with van der Waals surface area (Å²) >= 11 is 0. The minimum absolute atomic E-state index is 0.501. The van der Waals surface area contributed by atoms with Crippen LogP contribution in [0.3, 0.4) is 0 Å². The second kappa shape index (κ2) is 2.65. The Kier molecular flexibility index (Phi) is 1.51. The maximum Gasteiger partial charge on any atom is 0.153 e. The summed E-state index contributed by atoms with van der Waals surface area (Å²) in [5.74, 6) is 1.27. The van der Waals surface area contributed by atoms with Crippen LogP contribution in [0, 0.1) is 0 Å². The molecule has 0 bridgehead atoms. The van der Waals surface area contributed by atoms with Crippen molar-refractivity contribution >= 4 is 5.82 Å². The van der Waals surface area contributed by atoms with Crippen molar-refractivity contribution in [1.82, 2.24) is 14.8 Å². The zero-order valence-electron chi connectivity index (χ0n) is 6.38. The van der Waals surface area contributed by atoms with Gasteiger partial charge in [0.2, 0.25) is 0 Å². The molecule has 0 atom stereocenters. The second-order valence-electron chi connectivity index (χ2n) is 2.37. The summed E-state index contributed by atoms with van der Waals surface area (Å²) in [7, 11) is 0. The monoisotopic (exact) mass is 160 g/mol. The highest BCUT2D eigenvalue weighted by molar-refractivity contribution is 5.29. The van der Waals surface area contributed by atoms with Gasteiger partial charge in [-0.1, -0.05) is 6.07 Å². The normalized spacial score (nSPS) is 10.0. The number of nitrogens with two attached hydrogens (primary N) is 1. The van der Waals surface area contributed by atoms with Gasteiger partial charge < -0.3 is 5.73 Å². The number of hydrogen-bond donors (Lipinski definition) is 1. The summed E-state index contributed by atoms with van der Waals surface area (Å²) in [6.07, 6.45) is 3.49. The van der Waals surface area contributed by atoms with Crippen molar-refractivity contribution < 1.29 is 0 Å². The van der Waals surface area contributed by atoms with Crippen LogP contribution in [0.2, 0.25) is 0 Å². The molecule has 0 saturated heterocycles. The average Bonchev–Trinajstić information content (AvgIpc) is 2.54. The Morgan fingerprint density at radius 3 is 2.75 bits per heavy atom. The lowest BCUT2D eigenvalue weighted by atomic mass is 10.5. The zero-order valence-corrected chi connectivity index (χ0v) is 6.38. The summed E-state index contributed by atoms with van der Waals surface area (Å²) in [5, 5.41) is 4.01. The van der Waals surface area contributed by atoms with E-state index < -0.39 is 0 Å². The summed E-state index contributed by atoms with van der Waals surface area (Å²) in [5.41, 5.74) is 5.46. The van der Waals surface area contributed by atoms with Crippen molar-refractivity contribution in [3.05, 3.63) is 36.7 Å². The van der Waals surface area contributed by atoms with Gasteiger partial charge in [0, 0.05) is 18.5 Å². The first-order valence-electron chi connectivity index (χ1n) is 3.59. The van der Waals surface area contributed by atoms with E-state index in [2.05, 4.69) is 10.1 Å². The molecule has 2 rings (SSSR count). The predicted octanol–water partition coefficient (Wildman–Crippen LogP) is 0.849. The van der Waals surface area contributed by atoms with Gasteiger partial charge in [-0.25, -0.2) is 9.67 Å². The van der Waals surface area contributed by atoms with E-state index in [1.54, 1.807) is 23.1 Å². The minimum atomic E-state index is 0.501. The maximum absolute atomic E-state index is 5.46. The average molecular weight is 160 g/mol. The molecule has 2 aromatic rings. The Balaban J connectivity index is 2.45. The van der Waals surface area contributed by atoms with Crippen LogP contribution in [0.4, 0.5) is 5.82 Å². The highest BCUT2D eigenvalue weighted by Crippen LogP contribution is 2.03. The van der Waals surface area contributed by atoms with Gasteiger partial charge in [0.1, 0.15) is 5.82 Å². The van der Waals surface area contributed by atoms with Crippen LogP contribution in [0.15, 0.2) is 36.7 Å². The molecule has 60 valence electrons. The molecule has 4 heteroatoms. The number of hydrogen-bond acceptors (Lipinski definition) is 3. The highest BCUT2D eigenvalue weighted by Gasteiger charge is 1.96. The molecule has 2 heterocycles. The van der Waals surface area contributed by atoms with Crippen LogP contribution in [-0.4, -0.2) is 14.8 Å². The third kappa shape index (κ3) is 1.14. The fourth-order valence-electron chi connectivity index (χ4n) is 0.955. The molecule has 0 aliphatic heterocycles. The molecule has 0 aliphatic rings. The standard InChI is InChI=1S/C8H8N4/c9-7-4-6-12(11-7)8-3-1-2-5-10-8/h1-6H,(H2,9,11).